The molecule has 1 saturated heterocycles. The molecule has 1 fully saturated rings. The van der Waals surface area contributed by atoms with Crippen LogP contribution in [0, 0.1) is 5.41 Å². The van der Waals surface area contributed by atoms with Gasteiger partial charge in [0, 0.05) is 19.7 Å². The van der Waals surface area contributed by atoms with E-state index in [1.54, 1.807) is 0 Å². The second kappa shape index (κ2) is 5.19. The molecule has 0 unspecified atom stereocenters. The molecule has 1 aliphatic rings. The van der Waals surface area contributed by atoms with Crippen LogP contribution in [-0.2, 0) is 0 Å². The van der Waals surface area contributed by atoms with Crippen molar-refractivity contribution in [3.63, 3.8) is 0 Å². The van der Waals surface area contributed by atoms with Crippen molar-refractivity contribution in [2.45, 2.75) is 26.2 Å². The standard InChI is InChI=1S/C13H19NO2S/c1-2-13(10-15)5-7-14(8-6-13)12(16)11-4-3-9-17-11/h3-4,9,15H,2,5-8,10H2,1H3. The minimum Gasteiger partial charge on any atom is -0.396 e. The Labute approximate surface area is 106 Å². The van der Waals surface area contributed by atoms with E-state index in [1.165, 1.54) is 11.3 Å². The van der Waals surface area contributed by atoms with Gasteiger partial charge in [0.05, 0.1) is 4.88 Å². The van der Waals surface area contributed by atoms with E-state index >= 15 is 0 Å². The van der Waals surface area contributed by atoms with Gasteiger partial charge in [0.15, 0.2) is 0 Å². The Hall–Kier alpha value is -0.870. The van der Waals surface area contributed by atoms with Gasteiger partial charge in [-0.05, 0) is 36.1 Å². The molecular formula is C13H19NO2S. The maximum absolute atomic E-state index is 12.1. The Morgan fingerprint density at radius 2 is 2.24 bits per heavy atom. The number of amides is 1. The van der Waals surface area contributed by atoms with E-state index in [-0.39, 0.29) is 17.9 Å². The number of aliphatic hydroxyl groups is 1. The summed E-state index contributed by atoms with van der Waals surface area (Å²) in [5.41, 5.74) is 0.0478. The third-order valence-electron chi connectivity index (χ3n) is 3.93. The first kappa shape index (κ1) is 12.6. The molecule has 3 nitrogen and oxygen atoms in total. The highest BCUT2D eigenvalue weighted by atomic mass is 32.1. The van der Waals surface area contributed by atoms with Crippen LogP contribution < -0.4 is 0 Å². The fourth-order valence-corrected chi connectivity index (χ4v) is 3.05. The summed E-state index contributed by atoms with van der Waals surface area (Å²) in [6.07, 6.45) is 2.82. The molecule has 0 aromatic carbocycles. The molecule has 17 heavy (non-hydrogen) atoms. The van der Waals surface area contributed by atoms with Crippen molar-refractivity contribution >= 4 is 17.2 Å². The zero-order chi connectivity index (χ0) is 12.3. The SMILES string of the molecule is CCC1(CO)CCN(C(=O)c2cccs2)CC1. The van der Waals surface area contributed by atoms with Gasteiger partial charge in [-0.15, -0.1) is 11.3 Å². The zero-order valence-electron chi connectivity index (χ0n) is 10.2. The summed E-state index contributed by atoms with van der Waals surface area (Å²) >= 11 is 1.50. The van der Waals surface area contributed by atoms with Gasteiger partial charge in [0.1, 0.15) is 0 Å². The molecule has 1 aliphatic heterocycles. The summed E-state index contributed by atoms with van der Waals surface area (Å²) < 4.78 is 0. The van der Waals surface area contributed by atoms with Crippen LogP contribution in [0.3, 0.4) is 0 Å². The lowest BCUT2D eigenvalue weighted by atomic mass is 9.77. The smallest absolute Gasteiger partial charge is 0.263 e. The predicted octanol–water partition coefficient (Wildman–Crippen LogP) is 2.37. The van der Waals surface area contributed by atoms with Crippen LogP contribution in [0.1, 0.15) is 35.9 Å². The molecule has 0 aliphatic carbocycles. The van der Waals surface area contributed by atoms with Crippen molar-refractivity contribution < 1.29 is 9.90 Å². The van der Waals surface area contributed by atoms with Crippen molar-refractivity contribution in [2.24, 2.45) is 5.41 Å². The summed E-state index contributed by atoms with van der Waals surface area (Å²) in [6, 6.07) is 3.78. The maximum atomic E-state index is 12.1. The van der Waals surface area contributed by atoms with Gasteiger partial charge in [-0.25, -0.2) is 0 Å². The van der Waals surface area contributed by atoms with Gasteiger partial charge in [0.2, 0.25) is 0 Å². The van der Waals surface area contributed by atoms with Crippen LogP contribution in [0.4, 0.5) is 0 Å². The van der Waals surface area contributed by atoms with E-state index in [1.807, 2.05) is 22.4 Å². The third kappa shape index (κ3) is 2.53. The number of likely N-dealkylation sites (tertiary alicyclic amines) is 1. The third-order valence-corrected chi connectivity index (χ3v) is 4.79. The maximum Gasteiger partial charge on any atom is 0.263 e. The summed E-state index contributed by atoms with van der Waals surface area (Å²) in [4.78, 5) is 14.9. The summed E-state index contributed by atoms with van der Waals surface area (Å²) in [7, 11) is 0. The number of nitrogens with zero attached hydrogens (tertiary/aromatic N) is 1. The van der Waals surface area contributed by atoms with E-state index in [4.69, 9.17) is 0 Å². The highest BCUT2D eigenvalue weighted by Gasteiger charge is 2.34. The lowest BCUT2D eigenvalue weighted by molar-refractivity contribution is 0.0341. The number of hydrogen-bond acceptors (Lipinski definition) is 3. The molecule has 0 saturated carbocycles. The molecular weight excluding hydrogens is 234 g/mol. The number of piperidine rings is 1. The fourth-order valence-electron chi connectivity index (χ4n) is 2.36. The van der Waals surface area contributed by atoms with E-state index < -0.39 is 0 Å². The number of carbonyl (C=O) groups is 1. The minimum absolute atomic E-state index is 0.0478. The lowest BCUT2D eigenvalue weighted by Gasteiger charge is -2.40. The Morgan fingerprint density at radius 3 is 2.71 bits per heavy atom. The van der Waals surface area contributed by atoms with Gasteiger partial charge >= 0.3 is 0 Å². The van der Waals surface area contributed by atoms with Gasteiger partial charge in [-0.3, -0.25) is 4.79 Å². The Bertz CT molecular complexity index is 361. The lowest BCUT2D eigenvalue weighted by Crippen LogP contribution is -2.44. The first-order valence-corrected chi connectivity index (χ1v) is 7.02. The molecule has 2 heterocycles. The van der Waals surface area contributed by atoms with Gasteiger partial charge in [-0.1, -0.05) is 13.0 Å². The number of aliphatic hydroxyl groups excluding tert-OH is 1. The zero-order valence-corrected chi connectivity index (χ0v) is 11.0. The summed E-state index contributed by atoms with van der Waals surface area (Å²) in [5.74, 6) is 0.141. The quantitative estimate of drug-likeness (QED) is 0.898. The van der Waals surface area contributed by atoms with Gasteiger partial charge in [0.25, 0.3) is 5.91 Å². The average Bonchev–Trinajstić information content (AvgIpc) is 2.92. The van der Waals surface area contributed by atoms with Crippen LogP contribution in [0.2, 0.25) is 0 Å². The van der Waals surface area contributed by atoms with E-state index in [9.17, 15) is 9.90 Å². The number of carbonyl (C=O) groups excluding carboxylic acids is 1. The largest absolute Gasteiger partial charge is 0.396 e. The van der Waals surface area contributed by atoms with Crippen molar-refractivity contribution in [1.29, 1.82) is 0 Å². The van der Waals surface area contributed by atoms with Gasteiger partial charge in [-0.2, -0.15) is 0 Å². The number of rotatable bonds is 3. The molecule has 0 radical (unpaired) electrons. The summed E-state index contributed by atoms with van der Waals surface area (Å²) in [5, 5.41) is 11.4. The monoisotopic (exact) mass is 253 g/mol. The summed E-state index contributed by atoms with van der Waals surface area (Å²) in [6.45, 7) is 3.90. The normalized spacial score (nSPS) is 19.3. The molecule has 1 aromatic heterocycles. The van der Waals surface area contributed by atoms with Crippen molar-refractivity contribution in [2.75, 3.05) is 19.7 Å². The number of thiophene rings is 1. The average molecular weight is 253 g/mol. The van der Waals surface area contributed by atoms with E-state index in [0.29, 0.717) is 0 Å². The highest BCUT2D eigenvalue weighted by molar-refractivity contribution is 7.12. The van der Waals surface area contributed by atoms with Crippen molar-refractivity contribution in [3.05, 3.63) is 22.4 Å². The van der Waals surface area contributed by atoms with Crippen molar-refractivity contribution in [1.82, 2.24) is 4.90 Å². The molecule has 2 rings (SSSR count). The predicted molar refractivity (Wildman–Crippen MR) is 69.3 cm³/mol. The second-order valence-electron chi connectivity index (χ2n) is 4.78. The van der Waals surface area contributed by atoms with Crippen LogP contribution >= 0.6 is 11.3 Å². The van der Waals surface area contributed by atoms with Crippen LogP contribution in [0.5, 0.6) is 0 Å². The Kier molecular flexibility index (Phi) is 3.84. The first-order chi connectivity index (χ1) is 8.21. The molecule has 94 valence electrons. The fraction of sp³-hybridized carbons (Fsp3) is 0.615. The van der Waals surface area contributed by atoms with Crippen molar-refractivity contribution in [3.8, 4) is 0 Å². The molecule has 1 amide bonds. The van der Waals surface area contributed by atoms with Crippen LogP contribution in [0.25, 0.3) is 0 Å². The highest BCUT2D eigenvalue weighted by Crippen LogP contribution is 2.34. The topological polar surface area (TPSA) is 40.5 Å². The minimum atomic E-state index is 0.0478. The van der Waals surface area contributed by atoms with Crippen LogP contribution in [-0.4, -0.2) is 35.6 Å². The molecule has 1 aromatic rings. The van der Waals surface area contributed by atoms with E-state index in [0.717, 1.165) is 37.2 Å². The molecule has 0 atom stereocenters. The number of hydrogen-bond donors (Lipinski definition) is 1. The molecule has 4 heteroatoms. The molecule has 1 N–H and O–H groups in total. The van der Waals surface area contributed by atoms with Crippen LogP contribution in [0.15, 0.2) is 17.5 Å². The van der Waals surface area contributed by atoms with Gasteiger partial charge < -0.3 is 10.0 Å². The second-order valence-corrected chi connectivity index (χ2v) is 5.73. The Morgan fingerprint density at radius 1 is 1.53 bits per heavy atom. The van der Waals surface area contributed by atoms with E-state index in [2.05, 4.69) is 6.92 Å². The molecule has 0 bridgehead atoms. The Balaban J connectivity index is 1.97. The molecule has 0 spiro atoms. The first-order valence-electron chi connectivity index (χ1n) is 6.14.